The van der Waals surface area contributed by atoms with Gasteiger partial charge in [-0.05, 0) is 55.0 Å². The maximum absolute atomic E-state index is 14.9. The minimum Gasteiger partial charge on any atom is -0.368 e. The number of fused-ring (bicyclic) bond motifs is 1. The van der Waals surface area contributed by atoms with Crippen molar-refractivity contribution in [1.82, 2.24) is 4.98 Å². The van der Waals surface area contributed by atoms with Crippen molar-refractivity contribution in [2.24, 2.45) is 0 Å². The molecule has 0 radical (unpaired) electrons. The Bertz CT molecular complexity index is 1180. The molecule has 2 N–H and O–H groups in total. The van der Waals surface area contributed by atoms with Crippen LogP contribution in [-0.4, -0.2) is 24.0 Å². The summed E-state index contributed by atoms with van der Waals surface area (Å²) in [6.07, 6.45) is 4.23. The van der Waals surface area contributed by atoms with E-state index in [1.165, 1.54) is 24.4 Å². The molecular formula is C24H20F2N4O. The zero-order valence-corrected chi connectivity index (χ0v) is 16.6. The van der Waals surface area contributed by atoms with E-state index in [0.717, 1.165) is 25.2 Å². The second kappa shape index (κ2) is 7.83. The van der Waals surface area contributed by atoms with Gasteiger partial charge in [0.05, 0.1) is 16.9 Å². The van der Waals surface area contributed by atoms with Gasteiger partial charge in [0.1, 0.15) is 11.6 Å². The zero-order chi connectivity index (χ0) is 21.4. The third kappa shape index (κ3) is 3.74. The van der Waals surface area contributed by atoms with Gasteiger partial charge in [0.15, 0.2) is 0 Å². The average molecular weight is 418 g/mol. The Morgan fingerprint density at radius 3 is 2.84 bits per heavy atom. The second-order valence-electron chi connectivity index (χ2n) is 7.70. The number of hydrogen-bond acceptors (Lipinski definition) is 4. The van der Waals surface area contributed by atoms with Crippen molar-refractivity contribution in [3.63, 3.8) is 0 Å². The molecule has 0 aliphatic carbocycles. The fraction of sp³-hybridized carbons (Fsp3) is 0.167. The van der Waals surface area contributed by atoms with Crippen LogP contribution in [0.5, 0.6) is 0 Å². The lowest BCUT2D eigenvalue weighted by atomic mass is 10.0. The van der Waals surface area contributed by atoms with Gasteiger partial charge in [0.25, 0.3) is 5.91 Å². The van der Waals surface area contributed by atoms with E-state index in [4.69, 9.17) is 0 Å². The lowest BCUT2D eigenvalue weighted by Gasteiger charge is -2.20. The number of aromatic nitrogens is 1. The van der Waals surface area contributed by atoms with Crippen LogP contribution >= 0.6 is 0 Å². The third-order valence-corrected chi connectivity index (χ3v) is 5.73. The van der Waals surface area contributed by atoms with Gasteiger partial charge in [0.2, 0.25) is 0 Å². The summed E-state index contributed by atoms with van der Waals surface area (Å²) in [7, 11) is 0. The van der Waals surface area contributed by atoms with Gasteiger partial charge < -0.3 is 15.5 Å². The molecule has 1 fully saturated rings. The Morgan fingerprint density at radius 2 is 2.03 bits per heavy atom. The van der Waals surface area contributed by atoms with Crippen LogP contribution in [0.25, 0.3) is 5.57 Å². The number of halogens is 2. The van der Waals surface area contributed by atoms with Crippen LogP contribution in [0.4, 0.5) is 25.8 Å². The van der Waals surface area contributed by atoms with Gasteiger partial charge in [0, 0.05) is 48.3 Å². The Balaban J connectivity index is 1.31. The van der Waals surface area contributed by atoms with Crippen molar-refractivity contribution in [3.05, 3.63) is 89.9 Å². The molecule has 2 aromatic carbocycles. The Labute approximate surface area is 178 Å². The van der Waals surface area contributed by atoms with Gasteiger partial charge >= 0.3 is 0 Å². The number of carbonyl (C=O) groups is 1. The van der Waals surface area contributed by atoms with Crippen LogP contribution in [0.15, 0.2) is 67.0 Å². The maximum Gasteiger partial charge on any atom is 0.257 e. The molecule has 2 aliphatic rings. The molecule has 1 unspecified atom stereocenters. The summed E-state index contributed by atoms with van der Waals surface area (Å²) >= 11 is 0. The summed E-state index contributed by atoms with van der Waals surface area (Å²) < 4.78 is 28.2. The molecule has 1 aromatic heterocycles. The molecule has 1 atom stereocenters. The van der Waals surface area contributed by atoms with Gasteiger partial charge in [-0.3, -0.25) is 9.78 Å². The van der Waals surface area contributed by atoms with Crippen molar-refractivity contribution in [2.45, 2.75) is 12.3 Å². The molecule has 3 heterocycles. The molecule has 1 amide bonds. The second-order valence-corrected chi connectivity index (χ2v) is 7.70. The first kappa shape index (κ1) is 19.2. The first-order valence-electron chi connectivity index (χ1n) is 10.1. The van der Waals surface area contributed by atoms with Crippen molar-refractivity contribution in [2.75, 3.05) is 28.6 Å². The van der Waals surface area contributed by atoms with Gasteiger partial charge in [-0.1, -0.05) is 6.07 Å². The molecule has 7 heteroatoms. The molecule has 3 aromatic rings. The summed E-state index contributed by atoms with van der Waals surface area (Å²) in [4.78, 5) is 18.6. The Hall–Kier alpha value is -3.74. The SMILES string of the molecule is O=C1Nc2cc(F)ccc2C1=CNc1ccc(N2CCC(c3ccccn3)C2)c(F)c1. The molecule has 0 saturated carbocycles. The molecule has 1 saturated heterocycles. The summed E-state index contributed by atoms with van der Waals surface area (Å²) in [6, 6.07) is 14.9. The fourth-order valence-corrected chi connectivity index (χ4v) is 4.16. The topological polar surface area (TPSA) is 57.3 Å². The highest BCUT2D eigenvalue weighted by atomic mass is 19.1. The number of pyridine rings is 1. The lowest BCUT2D eigenvalue weighted by Crippen LogP contribution is -2.20. The number of amides is 1. The number of carbonyl (C=O) groups excluding carboxylic acids is 1. The molecular weight excluding hydrogens is 398 g/mol. The molecule has 2 aliphatic heterocycles. The molecule has 5 rings (SSSR count). The number of rotatable bonds is 4. The monoisotopic (exact) mass is 418 g/mol. The first-order chi connectivity index (χ1) is 15.1. The number of nitrogens with zero attached hydrogens (tertiary/aromatic N) is 2. The van der Waals surface area contributed by atoms with Crippen LogP contribution < -0.4 is 15.5 Å². The Kier molecular flexibility index (Phi) is 4.86. The first-order valence-corrected chi connectivity index (χ1v) is 10.1. The number of benzene rings is 2. The van der Waals surface area contributed by atoms with Crippen molar-refractivity contribution >= 4 is 28.5 Å². The van der Waals surface area contributed by atoms with E-state index < -0.39 is 5.82 Å². The number of anilines is 3. The van der Waals surface area contributed by atoms with Crippen molar-refractivity contribution < 1.29 is 13.6 Å². The van der Waals surface area contributed by atoms with E-state index in [1.54, 1.807) is 24.4 Å². The minimum atomic E-state index is -0.418. The molecule has 31 heavy (non-hydrogen) atoms. The van der Waals surface area contributed by atoms with Crippen LogP contribution in [0.3, 0.4) is 0 Å². The van der Waals surface area contributed by atoms with Crippen molar-refractivity contribution in [1.29, 1.82) is 0 Å². The maximum atomic E-state index is 14.9. The van der Waals surface area contributed by atoms with E-state index in [1.807, 2.05) is 23.1 Å². The summed E-state index contributed by atoms with van der Waals surface area (Å²) in [6.45, 7) is 1.49. The van der Waals surface area contributed by atoms with Crippen molar-refractivity contribution in [3.8, 4) is 0 Å². The van der Waals surface area contributed by atoms with Gasteiger partial charge in [-0.25, -0.2) is 8.78 Å². The smallest absolute Gasteiger partial charge is 0.257 e. The number of hydrogen-bond donors (Lipinski definition) is 2. The molecule has 0 bridgehead atoms. The minimum absolute atomic E-state index is 0.286. The Morgan fingerprint density at radius 1 is 1.13 bits per heavy atom. The standard InChI is InChI=1S/C24H20F2N4O/c25-16-4-6-18-19(24(31)29-22(18)11-16)13-28-17-5-7-23(20(26)12-17)30-10-8-15(14-30)21-3-1-2-9-27-21/h1-7,9,11-13,15,28H,8,10,14H2,(H,29,31). The quantitative estimate of drug-likeness (QED) is 0.600. The predicted molar refractivity (Wildman–Crippen MR) is 117 cm³/mol. The molecule has 156 valence electrons. The predicted octanol–water partition coefficient (Wildman–Crippen LogP) is 4.76. The van der Waals surface area contributed by atoms with Crippen LogP contribution in [0.2, 0.25) is 0 Å². The summed E-state index contributed by atoms with van der Waals surface area (Å²) in [5.74, 6) is -0.793. The average Bonchev–Trinajstić information content (AvgIpc) is 3.37. The highest BCUT2D eigenvalue weighted by Gasteiger charge is 2.27. The lowest BCUT2D eigenvalue weighted by molar-refractivity contribution is -0.110. The molecule has 0 spiro atoms. The fourth-order valence-electron chi connectivity index (χ4n) is 4.16. The third-order valence-electron chi connectivity index (χ3n) is 5.73. The van der Waals surface area contributed by atoms with E-state index in [-0.39, 0.29) is 17.6 Å². The molecule has 5 nitrogen and oxygen atoms in total. The van der Waals surface area contributed by atoms with Gasteiger partial charge in [-0.2, -0.15) is 0 Å². The summed E-state index contributed by atoms with van der Waals surface area (Å²) in [5, 5.41) is 5.61. The summed E-state index contributed by atoms with van der Waals surface area (Å²) in [5.41, 5.74) is 3.51. The highest BCUT2D eigenvalue weighted by molar-refractivity contribution is 6.31. The normalized spacial score (nSPS) is 18.9. The van der Waals surface area contributed by atoms with Crippen LogP contribution in [0.1, 0.15) is 23.6 Å². The largest absolute Gasteiger partial charge is 0.368 e. The van der Waals surface area contributed by atoms with Crippen LogP contribution in [-0.2, 0) is 4.79 Å². The highest BCUT2D eigenvalue weighted by Crippen LogP contribution is 2.34. The van der Waals surface area contributed by atoms with Crippen LogP contribution in [0, 0.1) is 11.6 Å². The van der Waals surface area contributed by atoms with E-state index in [0.29, 0.717) is 28.2 Å². The van der Waals surface area contributed by atoms with E-state index >= 15 is 0 Å². The van der Waals surface area contributed by atoms with E-state index in [2.05, 4.69) is 15.6 Å². The zero-order valence-electron chi connectivity index (χ0n) is 16.6. The van der Waals surface area contributed by atoms with Gasteiger partial charge in [-0.15, -0.1) is 0 Å². The van der Waals surface area contributed by atoms with E-state index in [9.17, 15) is 13.6 Å². The number of nitrogens with one attached hydrogen (secondary N) is 2.